The van der Waals surface area contributed by atoms with Crippen molar-refractivity contribution in [1.82, 2.24) is 4.90 Å². The van der Waals surface area contributed by atoms with Crippen LogP contribution in [0.5, 0.6) is 5.75 Å². The molecular formula is C13H20BrClN2O3. The molecule has 1 aromatic rings. The summed E-state index contributed by atoms with van der Waals surface area (Å²) in [5, 5.41) is 0. The summed E-state index contributed by atoms with van der Waals surface area (Å²) in [5.41, 5.74) is 5.67. The smallest absolute Gasteiger partial charge is 0.241 e. The predicted molar refractivity (Wildman–Crippen MR) is 84.4 cm³/mol. The summed E-state index contributed by atoms with van der Waals surface area (Å²) in [5.74, 6) is 0.617. The second-order valence-electron chi connectivity index (χ2n) is 4.12. The van der Waals surface area contributed by atoms with E-state index < -0.39 is 6.04 Å². The molecule has 0 aliphatic rings. The number of amides is 1. The van der Waals surface area contributed by atoms with Crippen LogP contribution in [-0.4, -0.2) is 50.8 Å². The molecule has 0 aliphatic carbocycles. The molecule has 0 radical (unpaired) electrons. The minimum atomic E-state index is -0.623. The van der Waals surface area contributed by atoms with Crippen molar-refractivity contribution in [3.63, 3.8) is 0 Å². The van der Waals surface area contributed by atoms with E-state index in [1.807, 2.05) is 24.3 Å². The van der Waals surface area contributed by atoms with Crippen LogP contribution >= 0.6 is 28.3 Å². The lowest BCUT2D eigenvalue weighted by molar-refractivity contribution is -0.132. The first-order valence-corrected chi connectivity index (χ1v) is 6.71. The quantitative estimate of drug-likeness (QED) is 0.796. The van der Waals surface area contributed by atoms with Crippen molar-refractivity contribution in [2.75, 3.05) is 33.9 Å². The van der Waals surface area contributed by atoms with Crippen molar-refractivity contribution in [3.8, 4) is 5.75 Å². The molecule has 1 rings (SSSR count). The normalized spacial score (nSPS) is 11.4. The number of carbonyl (C=O) groups excluding carboxylic acids is 1. The fraction of sp³-hybridized carbons (Fsp3) is 0.462. The third-order valence-corrected chi connectivity index (χ3v) is 3.08. The molecule has 0 bridgehead atoms. The van der Waals surface area contributed by atoms with Gasteiger partial charge in [-0.05, 0) is 24.3 Å². The van der Waals surface area contributed by atoms with Crippen LogP contribution in [0.2, 0.25) is 0 Å². The molecule has 5 nitrogen and oxygen atoms in total. The highest BCUT2D eigenvalue weighted by atomic mass is 79.9. The monoisotopic (exact) mass is 366 g/mol. The van der Waals surface area contributed by atoms with Gasteiger partial charge in [-0.25, -0.2) is 0 Å². The molecule has 0 saturated heterocycles. The number of methoxy groups -OCH3 is 1. The lowest BCUT2D eigenvalue weighted by Gasteiger charge is -2.21. The van der Waals surface area contributed by atoms with Crippen LogP contribution < -0.4 is 10.5 Å². The number of hydrogen-bond donors (Lipinski definition) is 1. The molecule has 2 N–H and O–H groups in total. The minimum absolute atomic E-state index is 0. The van der Waals surface area contributed by atoms with E-state index in [0.29, 0.717) is 13.2 Å². The minimum Gasteiger partial charge on any atom is -0.492 e. The fourth-order valence-corrected chi connectivity index (χ4v) is 1.74. The molecule has 1 atom stereocenters. The Kier molecular flexibility index (Phi) is 9.58. The van der Waals surface area contributed by atoms with E-state index in [-0.39, 0.29) is 24.9 Å². The first-order chi connectivity index (χ1) is 9.04. The molecule has 7 heteroatoms. The van der Waals surface area contributed by atoms with Crippen LogP contribution in [0.1, 0.15) is 0 Å². The maximum Gasteiger partial charge on any atom is 0.241 e. The van der Waals surface area contributed by atoms with Gasteiger partial charge in [0.15, 0.2) is 0 Å². The molecule has 20 heavy (non-hydrogen) atoms. The molecule has 0 aromatic heterocycles. The van der Waals surface area contributed by atoms with Gasteiger partial charge in [0, 0.05) is 18.6 Å². The Labute approximate surface area is 133 Å². The van der Waals surface area contributed by atoms with Gasteiger partial charge in [-0.2, -0.15) is 0 Å². The van der Waals surface area contributed by atoms with Crippen molar-refractivity contribution >= 4 is 34.2 Å². The highest BCUT2D eigenvalue weighted by molar-refractivity contribution is 9.10. The number of ether oxygens (including phenoxy) is 2. The standard InChI is InChI=1S/C13H19BrN2O3.ClH/c1-16(13(17)12(15)9-18-2)7-8-19-11-5-3-10(14)4-6-11;/h3-6,12H,7-9,15H2,1-2H3;1H. The number of likely N-dealkylation sites (N-methyl/N-ethyl adjacent to an activating group) is 1. The van der Waals surface area contributed by atoms with E-state index in [4.69, 9.17) is 15.2 Å². The molecule has 1 aromatic carbocycles. The molecule has 0 heterocycles. The van der Waals surface area contributed by atoms with E-state index in [1.54, 1.807) is 11.9 Å². The topological polar surface area (TPSA) is 64.8 Å². The Hall–Kier alpha value is -0.820. The van der Waals surface area contributed by atoms with E-state index in [2.05, 4.69) is 15.9 Å². The second-order valence-corrected chi connectivity index (χ2v) is 5.04. The maximum atomic E-state index is 11.8. The Balaban J connectivity index is 0.00000361. The lowest BCUT2D eigenvalue weighted by atomic mass is 10.3. The SMILES string of the molecule is COCC(N)C(=O)N(C)CCOc1ccc(Br)cc1.Cl. The van der Waals surface area contributed by atoms with Gasteiger partial charge in [-0.1, -0.05) is 15.9 Å². The van der Waals surface area contributed by atoms with Crippen LogP contribution in [0.25, 0.3) is 0 Å². The van der Waals surface area contributed by atoms with Gasteiger partial charge in [-0.3, -0.25) is 4.79 Å². The summed E-state index contributed by atoms with van der Waals surface area (Å²) in [6.07, 6.45) is 0. The summed E-state index contributed by atoms with van der Waals surface area (Å²) < 4.78 is 11.4. The third-order valence-electron chi connectivity index (χ3n) is 2.55. The van der Waals surface area contributed by atoms with E-state index in [0.717, 1.165) is 10.2 Å². The number of halogens is 2. The molecule has 114 valence electrons. The third kappa shape index (κ3) is 6.56. The van der Waals surface area contributed by atoms with Crippen molar-refractivity contribution in [2.45, 2.75) is 6.04 Å². The molecule has 0 spiro atoms. The van der Waals surface area contributed by atoms with Crippen LogP contribution in [0.3, 0.4) is 0 Å². The second kappa shape index (κ2) is 9.99. The average Bonchev–Trinajstić information content (AvgIpc) is 2.40. The van der Waals surface area contributed by atoms with Gasteiger partial charge in [-0.15, -0.1) is 12.4 Å². The number of benzene rings is 1. The largest absolute Gasteiger partial charge is 0.492 e. The highest BCUT2D eigenvalue weighted by Gasteiger charge is 2.17. The van der Waals surface area contributed by atoms with Gasteiger partial charge < -0.3 is 20.1 Å². The first kappa shape index (κ1) is 19.2. The highest BCUT2D eigenvalue weighted by Crippen LogP contribution is 2.15. The van der Waals surface area contributed by atoms with Gasteiger partial charge >= 0.3 is 0 Å². The molecule has 0 aliphatic heterocycles. The van der Waals surface area contributed by atoms with Gasteiger partial charge in [0.2, 0.25) is 5.91 Å². The summed E-state index contributed by atoms with van der Waals surface area (Å²) in [7, 11) is 3.21. The number of nitrogens with zero attached hydrogens (tertiary/aromatic N) is 1. The first-order valence-electron chi connectivity index (χ1n) is 5.92. The number of rotatable bonds is 7. The molecule has 0 saturated carbocycles. The molecule has 0 fully saturated rings. The number of carbonyl (C=O) groups is 1. The Morgan fingerprint density at radius 1 is 1.40 bits per heavy atom. The van der Waals surface area contributed by atoms with Crippen LogP contribution in [0.4, 0.5) is 0 Å². The molecule has 1 amide bonds. The fourth-order valence-electron chi connectivity index (χ4n) is 1.48. The molecule has 1 unspecified atom stereocenters. The summed E-state index contributed by atoms with van der Waals surface area (Å²) in [4.78, 5) is 13.3. The Morgan fingerprint density at radius 3 is 2.55 bits per heavy atom. The zero-order valence-corrected chi connectivity index (χ0v) is 13.9. The lowest BCUT2D eigenvalue weighted by Crippen LogP contribution is -2.45. The van der Waals surface area contributed by atoms with Crippen molar-refractivity contribution in [3.05, 3.63) is 28.7 Å². The molecular weight excluding hydrogens is 348 g/mol. The Morgan fingerprint density at radius 2 is 2.00 bits per heavy atom. The zero-order chi connectivity index (χ0) is 14.3. The van der Waals surface area contributed by atoms with Crippen LogP contribution in [0.15, 0.2) is 28.7 Å². The zero-order valence-electron chi connectivity index (χ0n) is 11.5. The summed E-state index contributed by atoms with van der Waals surface area (Å²) in [6, 6.07) is 6.91. The van der Waals surface area contributed by atoms with Gasteiger partial charge in [0.1, 0.15) is 18.4 Å². The van der Waals surface area contributed by atoms with E-state index in [9.17, 15) is 4.79 Å². The van der Waals surface area contributed by atoms with Crippen molar-refractivity contribution in [2.24, 2.45) is 5.73 Å². The van der Waals surface area contributed by atoms with Crippen LogP contribution in [0, 0.1) is 0 Å². The van der Waals surface area contributed by atoms with E-state index in [1.165, 1.54) is 7.11 Å². The summed E-state index contributed by atoms with van der Waals surface area (Å²) >= 11 is 3.35. The van der Waals surface area contributed by atoms with Crippen molar-refractivity contribution < 1.29 is 14.3 Å². The van der Waals surface area contributed by atoms with Crippen LogP contribution in [-0.2, 0) is 9.53 Å². The predicted octanol–water partition coefficient (Wildman–Crippen LogP) is 1.68. The average molecular weight is 368 g/mol. The number of hydrogen-bond acceptors (Lipinski definition) is 4. The van der Waals surface area contributed by atoms with E-state index >= 15 is 0 Å². The number of nitrogens with two attached hydrogens (primary N) is 1. The maximum absolute atomic E-state index is 11.8. The summed E-state index contributed by atoms with van der Waals surface area (Å²) in [6.45, 7) is 1.12. The van der Waals surface area contributed by atoms with Gasteiger partial charge in [0.05, 0.1) is 13.2 Å². The van der Waals surface area contributed by atoms with Crippen molar-refractivity contribution in [1.29, 1.82) is 0 Å². The van der Waals surface area contributed by atoms with Gasteiger partial charge in [0.25, 0.3) is 0 Å². The Bertz CT molecular complexity index is 403.